The van der Waals surface area contributed by atoms with Crippen molar-refractivity contribution in [2.24, 2.45) is 0 Å². The zero-order valence-electron chi connectivity index (χ0n) is 17.6. The molecular formula is C24H25N3O4S. The van der Waals surface area contributed by atoms with E-state index in [-0.39, 0.29) is 24.4 Å². The molecule has 166 valence electrons. The molecule has 1 atom stereocenters. The van der Waals surface area contributed by atoms with Crippen molar-refractivity contribution < 1.29 is 14.8 Å². The standard InChI is InChI=1S/C24H25N3O4S/c1-24(32,23(30)26-31)12-14-27-13-11-19(16-22(27)29)18-7-9-20(10-8-18)25-21(28)15-17-5-3-2-4-6-17/h2-11,13,16,31-32H,12,14-15H2,1H3,(H,25,28)(H,26,30). The van der Waals surface area contributed by atoms with Gasteiger partial charge in [0.15, 0.2) is 0 Å². The SMILES string of the molecule is CC(S)(CCn1ccc(-c2ccc(NC(=O)Cc3ccccc3)cc2)cc1=O)C(=O)NO. The summed E-state index contributed by atoms with van der Waals surface area (Å²) in [5, 5.41) is 11.7. The van der Waals surface area contributed by atoms with Gasteiger partial charge >= 0.3 is 0 Å². The zero-order valence-corrected chi connectivity index (χ0v) is 18.5. The number of benzene rings is 2. The molecule has 0 aliphatic carbocycles. The molecule has 32 heavy (non-hydrogen) atoms. The summed E-state index contributed by atoms with van der Waals surface area (Å²) in [7, 11) is 0. The highest BCUT2D eigenvalue weighted by Gasteiger charge is 2.28. The average Bonchev–Trinajstić information content (AvgIpc) is 2.78. The highest BCUT2D eigenvalue weighted by Crippen LogP contribution is 2.22. The van der Waals surface area contributed by atoms with Crippen molar-refractivity contribution in [1.82, 2.24) is 10.0 Å². The van der Waals surface area contributed by atoms with Gasteiger partial charge in [0.1, 0.15) is 0 Å². The lowest BCUT2D eigenvalue weighted by Crippen LogP contribution is -2.40. The number of carbonyl (C=O) groups excluding carboxylic acids is 2. The van der Waals surface area contributed by atoms with Gasteiger partial charge in [-0.3, -0.25) is 19.6 Å². The van der Waals surface area contributed by atoms with Crippen LogP contribution in [0.15, 0.2) is 77.7 Å². The molecule has 3 aromatic rings. The Labute approximate surface area is 191 Å². The predicted molar refractivity (Wildman–Crippen MR) is 127 cm³/mol. The minimum Gasteiger partial charge on any atom is -0.326 e. The number of aromatic nitrogens is 1. The highest BCUT2D eigenvalue weighted by molar-refractivity contribution is 7.82. The number of pyridine rings is 1. The number of carbonyl (C=O) groups is 2. The first kappa shape index (κ1) is 23.3. The fourth-order valence-corrected chi connectivity index (χ4v) is 3.33. The van der Waals surface area contributed by atoms with Crippen molar-refractivity contribution in [3.05, 3.63) is 88.8 Å². The molecular weight excluding hydrogens is 426 g/mol. The number of amides is 2. The van der Waals surface area contributed by atoms with Gasteiger partial charge < -0.3 is 9.88 Å². The van der Waals surface area contributed by atoms with E-state index in [1.165, 1.54) is 10.6 Å². The van der Waals surface area contributed by atoms with Crippen LogP contribution < -0.4 is 16.4 Å². The van der Waals surface area contributed by atoms with Crippen LogP contribution in [0.4, 0.5) is 5.69 Å². The van der Waals surface area contributed by atoms with Crippen LogP contribution in [0.5, 0.6) is 0 Å². The van der Waals surface area contributed by atoms with Crippen molar-refractivity contribution in [1.29, 1.82) is 0 Å². The molecule has 3 rings (SSSR count). The lowest BCUT2D eigenvalue weighted by atomic mass is 10.1. The van der Waals surface area contributed by atoms with Gasteiger partial charge in [0, 0.05) is 24.5 Å². The van der Waals surface area contributed by atoms with Crippen LogP contribution in [0.3, 0.4) is 0 Å². The van der Waals surface area contributed by atoms with Crippen molar-refractivity contribution in [2.45, 2.75) is 31.1 Å². The molecule has 0 spiro atoms. The Kier molecular flexibility index (Phi) is 7.50. The molecule has 0 fully saturated rings. The van der Waals surface area contributed by atoms with Gasteiger partial charge in [-0.15, -0.1) is 0 Å². The number of thiol groups is 1. The second kappa shape index (κ2) is 10.3. The Morgan fingerprint density at radius 1 is 1.03 bits per heavy atom. The first-order chi connectivity index (χ1) is 15.3. The lowest BCUT2D eigenvalue weighted by molar-refractivity contribution is -0.131. The first-order valence-corrected chi connectivity index (χ1v) is 10.5. The van der Waals surface area contributed by atoms with E-state index in [9.17, 15) is 14.4 Å². The Bertz CT molecular complexity index is 1140. The van der Waals surface area contributed by atoms with Crippen LogP contribution in [-0.2, 0) is 22.6 Å². The van der Waals surface area contributed by atoms with Gasteiger partial charge in [-0.1, -0.05) is 42.5 Å². The summed E-state index contributed by atoms with van der Waals surface area (Å²) in [6.07, 6.45) is 2.22. The fraction of sp³-hybridized carbons (Fsp3) is 0.208. The molecule has 0 aliphatic heterocycles. The molecule has 0 saturated carbocycles. The Morgan fingerprint density at radius 3 is 2.34 bits per heavy atom. The maximum Gasteiger partial charge on any atom is 0.259 e. The third-order valence-corrected chi connectivity index (χ3v) is 5.56. The normalized spacial score (nSPS) is 12.6. The van der Waals surface area contributed by atoms with Gasteiger partial charge in [0.05, 0.1) is 11.2 Å². The minimum atomic E-state index is -1.10. The quantitative estimate of drug-likeness (QED) is 0.240. The van der Waals surface area contributed by atoms with Crippen LogP contribution >= 0.6 is 12.6 Å². The third kappa shape index (κ3) is 6.09. The Balaban J connectivity index is 1.63. The van der Waals surface area contributed by atoms with Crippen molar-refractivity contribution in [3.63, 3.8) is 0 Å². The number of hydroxylamine groups is 1. The monoisotopic (exact) mass is 451 g/mol. The van der Waals surface area contributed by atoms with E-state index >= 15 is 0 Å². The third-order valence-electron chi connectivity index (χ3n) is 5.14. The lowest BCUT2D eigenvalue weighted by Gasteiger charge is -2.21. The van der Waals surface area contributed by atoms with Crippen LogP contribution in [0.25, 0.3) is 11.1 Å². The van der Waals surface area contributed by atoms with Crippen LogP contribution in [0, 0.1) is 0 Å². The summed E-state index contributed by atoms with van der Waals surface area (Å²) in [4.78, 5) is 36.3. The summed E-state index contributed by atoms with van der Waals surface area (Å²) < 4.78 is 0.383. The highest BCUT2D eigenvalue weighted by atomic mass is 32.1. The van der Waals surface area contributed by atoms with Gasteiger partial charge in [0.25, 0.3) is 11.5 Å². The van der Waals surface area contributed by atoms with Crippen molar-refractivity contribution in [2.75, 3.05) is 5.32 Å². The van der Waals surface area contributed by atoms with Gasteiger partial charge in [-0.25, -0.2) is 5.48 Å². The number of rotatable bonds is 8. The average molecular weight is 452 g/mol. The molecule has 0 aliphatic rings. The minimum absolute atomic E-state index is 0.0994. The molecule has 1 unspecified atom stereocenters. The number of nitrogens with zero attached hydrogens (tertiary/aromatic N) is 1. The van der Waals surface area contributed by atoms with E-state index in [0.717, 1.165) is 16.7 Å². The van der Waals surface area contributed by atoms with Gasteiger partial charge in [-0.2, -0.15) is 12.6 Å². The number of anilines is 1. The molecule has 8 heteroatoms. The van der Waals surface area contributed by atoms with Crippen LogP contribution in [0.1, 0.15) is 18.9 Å². The molecule has 2 amide bonds. The maximum absolute atomic E-state index is 12.5. The molecule has 0 saturated heterocycles. The first-order valence-electron chi connectivity index (χ1n) is 10.1. The Hall–Kier alpha value is -3.36. The summed E-state index contributed by atoms with van der Waals surface area (Å²) in [5.74, 6) is -0.723. The fourth-order valence-electron chi connectivity index (χ4n) is 3.18. The number of hydrogen-bond acceptors (Lipinski definition) is 5. The second-order valence-electron chi connectivity index (χ2n) is 7.70. The van der Waals surface area contributed by atoms with E-state index in [0.29, 0.717) is 12.1 Å². The maximum atomic E-state index is 12.5. The smallest absolute Gasteiger partial charge is 0.259 e. The van der Waals surface area contributed by atoms with Crippen molar-refractivity contribution >= 4 is 30.1 Å². The van der Waals surface area contributed by atoms with E-state index in [1.54, 1.807) is 30.7 Å². The zero-order chi connectivity index (χ0) is 23.1. The van der Waals surface area contributed by atoms with Gasteiger partial charge in [-0.05, 0) is 48.2 Å². The second-order valence-corrected chi connectivity index (χ2v) is 8.69. The summed E-state index contributed by atoms with van der Waals surface area (Å²) in [5.41, 5.74) is 4.58. The molecule has 1 aromatic heterocycles. The van der Waals surface area contributed by atoms with E-state index < -0.39 is 10.7 Å². The van der Waals surface area contributed by atoms with E-state index in [2.05, 4.69) is 17.9 Å². The van der Waals surface area contributed by atoms with Crippen LogP contribution in [0.2, 0.25) is 0 Å². The number of aryl methyl sites for hydroxylation is 1. The topological polar surface area (TPSA) is 100 Å². The largest absolute Gasteiger partial charge is 0.326 e. The molecule has 1 heterocycles. The summed E-state index contributed by atoms with van der Waals surface area (Å²) in [6.45, 7) is 1.85. The van der Waals surface area contributed by atoms with Crippen molar-refractivity contribution in [3.8, 4) is 11.1 Å². The molecule has 0 bridgehead atoms. The summed E-state index contributed by atoms with van der Waals surface area (Å²) >= 11 is 4.25. The molecule has 2 aromatic carbocycles. The predicted octanol–water partition coefficient (Wildman–Crippen LogP) is 3.28. The molecule has 3 N–H and O–H groups in total. The van der Waals surface area contributed by atoms with E-state index in [4.69, 9.17) is 5.21 Å². The number of nitrogens with one attached hydrogen (secondary N) is 2. The molecule has 7 nitrogen and oxygen atoms in total. The Morgan fingerprint density at radius 2 is 1.72 bits per heavy atom. The summed E-state index contributed by atoms with van der Waals surface area (Å²) in [6, 6.07) is 20.1. The molecule has 0 radical (unpaired) electrons. The number of hydrogen-bond donors (Lipinski definition) is 4. The van der Waals surface area contributed by atoms with Gasteiger partial charge in [0.2, 0.25) is 5.91 Å². The van der Waals surface area contributed by atoms with E-state index in [1.807, 2.05) is 48.5 Å². The van der Waals surface area contributed by atoms with Crippen LogP contribution in [-0.4, -0.2) is 26.3 Å².